The van der Waals surface area contributed by atoms with E-state index in [9.17, 15) is 9.59 Å². The molecular formula is C22H21NO3S. The summed E-state index contributed by atoms with van der Waals surface area (Å²) in [6.07, 6.45) is -0.371. The van der Waals surface area contributed by atoms with E-state index in [1.54, 1.807) is 18.9 Å². The molecule has 0 spiro atoms. The highest BCUT2D eigenvalue weighted by Gasteiger charge is 2.15. The van der Waals surface area contributed by atoms with Crippen molar-refractivity contribution in [2.45, 2.75) is 20.1 Å². The van der Waals surface area contributed by atoms with E-state index in [0.717, 1.165) is 26.4 Å². The molecule has 0 saturated heterocycles. The first-order valence-corrected chi connectivity index (χ1v) is 9.47. The first-order valence-electron chi connectivity index (χ1n) is 8.65. The van der Waals surface area contributed by atoms with Crippen molar-refractivity contribution in [2.75, 3.05) is 7.05 Å². The highest BCUT2D eigenvalue weighted by molar-refractivity contribution is 7.17. The molecule has 0 unspecified atom stereocenters. The van der Waals surface area contributed by atoms with Crippen molar-refractivity contribution in [3.63, 3.8) is 0 Å². The molecule has 0 saturated carbocycles. The first-order chi connectivity index (χ1) is 13.0. The van der Waals surface area contributed by atoms with Crippen LogP contribution in [0, 0.1) is 0 Å². The summed E-state index contributed by atoms with van der Waals surface area (Å²) >= 11 is 1.47. The lowest BCUT2D eigenvalue weighted by molar-refractivity contribution is 0.101. The summed E-state index contributed by atoms with van der Waals surface area (Å²) in [5, 5.41) is 0. The number of benzene rings is 2. The molecule has 4 nitrogen and oxygen atoms in total. The number of amides is 1. The van der Waals surface area contributed by atoms with Crippen LogP contribution in [-0.2, 0) is 17.9 Å². The monoisotopic (exact) mass is 379 g/mol. The quantitative estimate of drug-likeness (QED) is 0.540. The summed E-state index contributed by atoms with van der Waals surface area (Å²) in [7, 11) is 1.72. The van der Waals surface area contributed by atoms with Gasteiger partial charge in [-0.25, -0.2) is 4.79 Å². The number of carbonyl (C=O) groups is 2. The van der Waals surface area contributed by atoms with Crippen molar-refractivity contribution < 1.29 is 14.3 Å². The third-order valence-electron chi connectivity index (χ3n) is 4.16. The lowest BCUT2D eigenvalue weighted by atomic mass is 10.1. The molecule has 3 rings (SSSR count). The maximum absolute atomic E-state index is 12.3. The molecule has 0 aliphatic heterocycles. The molecule has 5 heteroatoms. The molecule has 0 aliphatic carbocycles. The molecule has 0 radical (unpaired) electrons. The Kier molecular flexibility index (Phi) is 6.04. The fourth-order valence-electron chi connectivity index (χ4n) is 2.72. The van der Waals surface area contributed by atoms with Gasteiger partial charge in [0, 0.05) is 18.5 Å². The fourth-order valence-corrected chi connectivity index (χ4v) is 3.68. The Balaban J connectivity index is 1.69. The van der Waals surface area contributed by atoms with E-state index in [4.69, 9.17) is 4.74 Å². The molecule has 0 atom stereocenters. The summed E-state index contributed by atoms with van der Waals surface area (Å²) in [5.41, 5.74) is 2.99. The van der Waals surface area contributed by atoms with Crippen molar-refractivity contribution in [1.29, 1.82) is 0 Å². The molecule has 0 fully saturated rings. The van der Waals surface area contributed by atoms with Crippen LogP contribution in [0.2, 0.25) is 0 Å². The third kappa shape index (κ3) is 4.83. The minimum absolute atomic E-state index is 0.0605. The SMILES string of the molecule is CC(=O)c1ccc(-c2ccccc2CN(C)C(=O)OCc2ccccc2)s1. The van der Waals surface area contributed by atoms with Crippen LogP contribution in [0.4, 0.5) is 4.79 Å². The highest BCUT2D eigenvalue weighted by atomic mass is 32.1. The summed E-state index contributed by atoms with van der Waals surface area (Å²) in [5.74, 6) is 0.0605. The van der Waals surface area contributed by atoms with Gasteiger partial charge in [0.25, 0.3) is 0 Å². The van der Waals surface area contributed by atoms with Gasteiger partial charge in [-0.05, 0) is 35.7 Å². The number of nitrogens with zero attached hydrogens (tertiary/aromatic N) is 1. The summed E-state index contributed by atoms with van der Waals surface area (Å²) in [6, 6.07) is 21.3. The van der Waals surface area contributed by atoms with Crippen molar-refractivity contribution >= 4 is 23.2 Å². The number of thiophene rings is 1. The van der Waals surface area contributed by atoms with Gasteiger partial charge in [-0.2, -0.15) is 0 Å². The second-order valence-electron chi connectivity index (χ2n) is 6.27. The highest BCUT2D eigenvalue weighted by Crippen LogP contribution is 2.31. The lowest BCUT2D eigenvalue weighted by Crippen LogP contribution is -2.27. The number of ketones is 1. The predicted molar refractivity (Wildman–Crippen MR) is 108 cm³/mol. The fraction of sp³-hybridized carbons (Fsp3) is 0.182. The first kappa shape index (κ1) is 18.9. The molecule has 3 aromatic rings. The molecule has 0 N–H and O–H groups in total. The van der Waals surface area contributed by atoms with Gasteiger partial charge >= 0.3 is 6.09 Å². The smallest absolute Gasteiger partial charge is 0.410 e. The number of hydrogen-bond donors (Lipinski definition) is 0. The zero-order valence-electron chi connectivity index (χ0n) is 15.3. The third-order valence-corrected chi connectivity index (χ3v) is 5.38. The van der Waals surface area contributed by atoms with Gasteiger partial charge in [0.15, 0.2) is 5.78 Å². The normalized spacial score (nSPS) is 10.4. The van der Waals surface area contributed by atoms with Crippen LogP contribution in [0.1, 0.15) is 27.7 Å². The van der Waals surface area contributed by atoms with Crippen molar-refractivity contribution in [2.24, 2.45) is 0 Å². The van der Waals surface area contributed by atoms with Crippen LogP contribution in [-0.4, -0.2) is 23.8 Å². The van der Waals surface area contributed by atoms with Crippen LogP contribution in [0.25, 0.3) is 10.4 Å². The van der Waals surface area contributed by atoms with Crippen LogP contribution >= 0.6 is 11.3 Å². The zero-order valence-corrected chi connectivity index (χ0v) is 16.2. The Bertz CT molecular complexity index is 933. The van der Waals surface area contributed by atoms with Gasteiger partial charge in [-0.3, -0.25) is 4.79 Å². The molecular weight excluding hydrogens is 358 g/mol. The number of ether oxygens (including phenoxy) is 1. The number of carbonyl (C=O) groups excluding carboxylic acids is 2. The maximum atomic E-state index is 12.3. The van der Waals surface area contributed by atoms with E-state index in [2.05, 4.69) is 0 Å². The van der Waals surface area contributed by atoms with Crippen LogP contribution in [0.3, 0.4) is 0 Å². The topological polar surface area (TPSA) is 46.6 Å². The van der Waals surface area contributed by atoms with Gasteiger partial charge in [0.1, 0.15) is 6.61 Å². The van der Waals surface area contributed by atoms with Crippen LogP contribution in [0.5, 0.6) is 0 Å². The van der Waals surface area contributed by atoms with E-state index < -0.39 is 0 Å². The van der Waals surface area contributed by atoms with Gasteiger partial charge in [-0.15, -0.1) is 11.3 Å². The molecule has 0 bridgehead atoms. The second kappa shape index (κ2) is 8.64. The molecule has 27 heavy (non-hydrogen) atoms. The Morgan fingerprint density at radius 3 is 2.37 bits per heavy atom. The van der Waals surface area contributed by atoms with Crippen molar-refractivity contribution in [1.82, 2.24) is 4.90 Å². The molecule has 2 aromatic carbocycles. The van der Waals surface area contributed by atoms with Crippen molar-refractivity contribution in [3.05, 3.63) is 82.7 Å². The molecule has 1 amide bonds. The Labute approximate surface area is 163 Å². The average Bonchev–Trinajstić information content (AvgIpc) is 3.17. The van der Waals surface area contributed by atoms with Gasteiger partial charge in [-0.1, -0.05) is 54.6 Å². The summed E-state index contributed by atoms with van der Waals surface area (Å²) in [4.78, 5) is 27.2. The van der Waals surface area contributed by atoms with Crippen LogP contribution in [0.15, 0.2) is 66.7 Å². The van der Waals surface area contributed by atoms with Gasteiger partial charge in [0.2, 0.25) is 0 Å². The van der Waals surface area contributed by atoms with E-state index in [0.29, 0.717) is 6.54 Å². The molecule has 0 aliphatic rings. The molecule has 1 aromatic heterocycles. The maximum Gasteiger partial charge on any atom is 0.410 e. The number of Topliss-reactive ketones (excluding diaryl/α,β-unsaturated/α-hetero) is 1. The number of hydrogen-bond acceptors (Lipinski definition) is 4. The number of rotatable bonds is 6. The Morgan fingerprint density at radius 1 is 0.963 bits per heavy atom. The Hall–Kier alpha value is -2.92. The van der Waals surface area contributed by atoms with E-state index in [1.807, 2.05) is 66.7 Å². The largest absolute Gasteiger partial charge is 0.445 e. The predicted octanol–water partition coefficient (Wildman–Crippen LogP) is 5.39. The Morgan fingerprint density at radius 2 is 1.67 bits per heavy atom. The van der Waals surface area contributed by atoms with Gasteiger partial charge < -0.3 is 9.64 Å². The van der Waals surface area contributed by atoms with E-state index in [1.165, 1.54) is 11.3 Å². The lowest BCUT2D eigenvalue weighted by Gasteiger charge is -2.19. The van der Waals surface area contributed by atoms with Crippen molar-refractivity contribution in [3.8, 4) is 10.4 Å². The average molecular weight is 379 g/mol. The van der Waals surface area contributed by atoms with Gasteiger partial charge in [0.05, 0.1) is 4.88 Å². The zero-order chi connectivity index (χ0) is 19.2. The van der Waals surface area contributed by atoms with Crippen LogP contribution < -0.4 is 0 Å². The van der Waals surface area contributed by atoms with E-state index >= 15 is 0 Å². The van der Waals surface area contributed by atoms with E-state index in [-0.39, 0.29) is 18.5 Å². The minimum Gasteiger partial charge on any atom is -0.445 e. The summed E-state index contributed by atoms with van der Waals surface area (Å²) < 4.78 is 5.39. The minimum atomic E-state index is -0.371. The molecule has 1 heterocycles. The standard InChI is InChI=1S/C22H21NO3S/c1-16(24)20-12-13-21(27-20)19-11-7-6-10-18(19)14-23(2)22(25)26-15-17-8-4-3-5-9-17/h3-13H,14-15H2,1-2H3. The molecule has 138 valence electrons. The summed E-state index contributed by atoms with van der Waals surface area (Å²) in [6.45, 7) is 2.24. The second-order valence-corrected chi connectivity index (χ2v) is 7.36.